The van der Waals surface area contributed by atoms with Crippen molar-refractivity contribution in [1.82, 2.24) is 0 Å². The topological polar surface area (TPSA) is 46.2 Å². The van der Waals surface area contributed by atoms with Gasteiger partial charge in [0.25, 0.3) is 0 Å². The normalized spacial score (nSPS) is 9.55. The molecule has 0 spiro atoms. The van der Waals surface area contributed by atoms with Crippen molar-refractivity contribution in [3.8, 4) is 5.75 Å². The smallest absolute Gasteiger partial charge is 0.119 e. The van der Waals surface area contributed by atoms with E-state index in [2.05, 4.69) is 0 Å². The highest BCUT2D eigenvalue weighted by Gasteiger charge is 1.99. The molecule has 0 aliphatic rings. The van der Waals surface area contributed by atoms with E-state index in [9.17, 15) is 5.11 Å². The van der Waals surface area contributed by atoms with E-state index in [0.29, 0.717) is 10.6 Å². The van der Waals surface area contributed by atoms with E-state index in [1.165, 1.54) is 0 Å². The standard InChI is InChI=1S/C8H9NOS/c1-5-2-3-6(8(9)11)4-7(5)10/h2-4,10H,1H3,(H2,9,11). The second kappa shape index (κ2) is 2.88. The maximum Gasteiger partial charge on any atom is 0.119 e. The summed E-state index contributed by atoms with van der Waals surface area (Å²) in [6.45, 7) is 1.82. The Hall–Kier alpha value is -1.09. The van der Waals surface area contributed by atoms with Crippen LogP contribution in [0, 0.1) is 6.92 Å². The molecule has 0 saturated heterocycles. The maximum atomic E-state index is 9.23. The SMILES string of the molecule is Cc1ccc(C(N)=S)cc1O. The molecular weight excluding hydrogens is 158 g/mol. The Morgan fingerprint density at radius 1 is 1.55 bits per heavy atom. The lowest BCUT2D eigenvalue weighted by Gasteiger charge is -2.00. The summed E-state index contributed by atoms with van der Waals surface area (Å²) in [6, 6.07) is 5.14. The number of aryl methyl sites for hydroxylation is 1. The minimum absolute atomic E-state index is 0.232. The molecule has 2 nitrogen and oxygen atoms in total. The van der Waals surface area contributed by atoms with Crippen LogP contribution in [0.25, 0.3) is 0 Å². The zero-order chi connectivity index (χ0) is 8.43. The van der Waals surface area contributed by atoms with Gasteiger partial charge in [0.1, 0.15) is 10.7 Å². The number of nitrogens with two attached hydrogens (primary N) is 1. The van der Waals surface area contributed by atoms with Crippen LogP contribution in [0.15, 0.2) is 18.2 Å². The molecule has 0 bridgehead atoms. The van der Waals surface area contributed by atoms with Gasteiger partial charge in [0.2, 0.25) is 0 Å². The number of hydrogen-bond acceptors (Lipinski definition) is 2. The van der Waals surface area contributed by atoms with E-state index in [-0.39, 0.29) is 5.75 Å². The van der Waals surface area contributed by atoms with Crippen LogP contribution in [0.5, 0.6) is 5.75 Å². The molecule has 1 aromatic carbocycles. The Morgan fingerprint density at radius 2 is 2.18 bits per heavy atom. The van der Waals surface area contributed by atoms with Crippen molar-refractivity contribution in [2.75, 3.05) is 0 Å². The van der Waals surface area contributed by atoms with E-state index < -0.39 is 0 Å². The zero-order valence-corrected chi connectivity index (χ0v) is 6.98. The van der Waals surface area contributed by atoms with E-state index in [4.69, 9.17) is 18.0 Å². The van der Waals surface area contributed by atoms with Gasteiger partial charge in [-0.15, -0.1) is 0 Å². The van der Waals surface area contributed by atoms with Crippen molar-refractivity contribution in [3.63, 3.8) is 0 Å². The lowest BCUT2D eigenvalue weighted by molar-refractivity contribution is 0.471. The van der Waals surface area contributed by atoms with Crippen molar-refractivity contribution in [1.29, 1.82) is 0 Å². The van der Waals surface area contributed by atoms with Crippen LogP contribution in [-0.2, 0) is 0 Å². The fourth-order valence-electron chi connectivity index (χ4n) is 0.763. The number of phenolic OH excluding ortho intramolecular Hbond substituents is 1. The van der Waals surface area contributed by atoms with Crippen molar-refractivity contribution in [2.45, 2.75) is 6.92 Å². The summed E-state index contributed by atoms with van der Waals surface area (Å²) in [5.41, 5.74) is 6.87. The number of benzene rings is 1. The predicted molar refractivity (Wildman–Crippen MR) is 48.7 cm³/mol. The van der Waals surface area contributed by atoms with Crippen molar-refractivity contribution in [3.05, 3.63) is 29.3 Å². The molecular formula is C8H9NOS. The predicted octanol–water partition coefficient (Wildman–Crippen LogP) is 1.33. The summed E-state index contributed by atoms with van der Waals surface area (Å²) >= 11 is 4.73. The van der Waals surface area contributed by atoms with Gasteiger partial charge in [-0.1, -0.05) is 24.4 Å². The van der Waals surface area contributed by atoms with Gasteiger partial charge >= 0.3 is 0 Å². The summed E-state index contributed by atoms with van der Waals surface area (Å²) < 4.78 is 0. The Bertz CT molecular complexity index is 296. The van der Waals surface area contributed by atoms with Crippen LogP contribution in [0.2, 0.25) is 0 Å². The highest BCUT2D eigenvalue weighted by Crippen LogP contribution is 2.16. The molecule has 1 aromatic rings. The summed E-state index contributed by atoms with van der Waals surface area (Å²) in [5, 5.41) is 9.23. The molecule has 11 heavy (non-hydrogen) atoms. The highest BCUT2D eigenvalue weighted by molar-refractivity contribution is 7.80. The van der Waals surface area contributed by atoms with Crippen LogP contribution in [0.3, 0.4) is 0 Å². The third-order valence-electron chi connectivity index (χ3n) is 1.49. The molecule has 3 heteroatoms. The molecule has 0 amide bonds. The van der Waals surface area contributed by atoms with Gasteiger partial charge in [-0.3, -0.25) is 0 Å². The molecule has 0 aliphatic carbocycles. The number of thiocarbonyl (C=S) groups is 1. The number of rotatable bonds is 1. The van der Waals surface area contributed by atoms with Crippen LogP contribution in [0.4, 0.5) is 0 Å². The molecule has 58 valence electrons. The van der Waals surface area contributed by atoms with Gasteiger partial charge < -0.3 is 10.8 Å². The van der Waals surface area contributed by atoms with Gasteiger partial charge in [-0.25, -0.2) is 0 Å². The third-order valence-corrected chi connectivity index (χ3v) is 1.73. The van der Waals surface area contributed by atoms with Gasteiger partial charge in [-0.2, -0.15) is 0 Å². The fraction of sp³-hybridized carbons (Fsp3) is 0.125. The van der Waals surface area contributed by atoms with Crippen molar-refractivity contribution >= 4 is 17.2 Å². The van der Waals surface area contributed by atoms with E-state index in [1.807, 2.05) is 6.92 Å². The second-order valence-electron chi connectivity index (χ2n) is 2.37. The molecule has 0 radical (unpaired) electrons. The zero-order valence-electron chi connectivity index (χ0n) is 6.16. The van der Waals surface area contributed by atoms with Crippen LogP contribution in [-0.4, -0.2) is 10.1 Å². The molecule has 0 atom stereocenters. The lowest BCUT2D eigenvalue weighted by atomic mass is 10.1. The maximum absolute atomic E-state index is 9.23. The van der Waals surface area contributed by atoms with Gasteiger partial charge in [0.05, 0.1) is 0 Å². The molecule has 0 aliphatic heterocycles. The fourth-order valence-corrected chi connectivity index (χ4v) is 0.890. The van der Waals surface area contributed by atoms with Crippen LogP contribution >= 0.6 is 12.2 Å². The summed E-state index contributed by atoms with van der Waals surface area (Å²) in [4.78, 5) is 0.306. The monoisotopic (exact) mass is 167 g/mol. The number of hydrogen-bond donors (Lipinski definition) is 2. The second-order valence-corrected chi connectivity index (χ2v) is 2.81. The van der Waals surface area contributed by atoms with E-state index in [0.717, 1.165) is 5.56 Å². The quantitative estimate of drug-likeness (QED) is 0.620. The first-order valence-electron chi connectivity index (χ1n) is 3.20. The van der Waals surface area contributed by atoms with Gasteiger partial charge in [-0.05, 0) is 18.6 Å². The summed E-state index contributed by atoms with van der Waals surface area (Å²) in [7, 11) is 0. The molecule has 3 N–H and O–H groups in total. The van der Waals surface area contributed by atoms with Crippen molar-refractivity contribution < 1.29 is 5.11 Å². The Labute approximate surface area is 70.7 Å². The average Bonchev–Trinajstić information content (AvgIpc) is 1.94. The third kappa shape index (κ3) is 1.68. The minimum Gasteiger partial charge on any atom is -0.508 e. The van der Waals surface area contributed by atoms with E-state index in [1.54, 1.807) is 18.2 Å². The number of aromatic hydroxyl groups is 1. The lowest BCUT2D eigenvalue weighted by Crippen LogP contribution is -2.08. The van der Waals surface area contributed by atoms with Crippen LogP contribution in [0.1, 0.15) is 11.1 Å². The molecule has 0 heterocycles. The first-order chi connectivity index (χ1) is 5.11. The molecule has 0 saturated carbocycles. The summed E-state index contributed by atoms with van der Waals surface area (Å²) in [6.07, 6.45) is 0. The largest absolute Gasteiger partial charge is 0.508 e. The first-order valence-corrected chi connectivity index (χ1v) is 3.61. The average molecular weight is 167 g/mol. The molecule has 1 rings (SSSR count). The summed E-state index contributed by atoms with van der Waals surface area (Å²) in [5.74, 6) is 0.232. The Kier molecular flexibility index (Phi) is 2.10. The van der Waals surface area contributed by atoms with Gasteiger partial charge in [0.15, 0.2) is 0 Å². The van der Waals surface area contributed by atoms with E-state index >= 15 is 0 Å². The Morgan fingerprint density at radius 3 is 2.64 bits per heavy atom. The molecule has 0 fully saturated rings. The Balaban J connectivity index is 3.15. The first kappa shape index (κ1) is 8.01. The van der Waals surface area contributed by atoms with Crippen LogP contribution < -0.4 is 5.73 Å². The minimum atomic E-state index is 0.232. The number of phenols is 1. The molecule has 0 unspecified atom stereocenters. The van der Waals surface area contributed by atoms with Gasteiger partial charge in [0, 0.05) is 5.56 Å². The highest BCUT2D eigenvalue weighted by atomic mass is 32.1. The molecule has 0 aromatic heterocycles. The van der Waals surface area contributed by atoms with Crippen molar-refractivity contribution in [2.24, 2.45) is 5.73 Å².